The lowest BCUT2D eigenvalue weighted by Gasteiger charge is -2.18. The SMILES string of the molecule is CCN(CC)C(=O)C(C#N)=Cc1cccc(CCNC(=O)N[C@@H](Cc2ccc(C)cc2)B(O)O)c1. The van der Waals surface area contributed by atoms with Gasteiger partial charge in [-0.1, -0.05) is 54.1 Å². The van der Waals surface area contributed by atoms with Gasteiger partial charge in [0.25, 0.3) is 5.91 Å². The molecule has 184 valence electrons. The van der Waals surface area contributed by atoms with Crippen molar-refractivity contribution in [2.45, 2.75) is 39.6 Å². The molecular weight excluding hydrogens is 443 g/mol. The van der Waals surface area contributed by atoms with Gasteiger partial charge in [0.05, 0.1) is 5.94 Å². The Morgan fingerprint density at radius 2 is 1.80 bits per heavy atom. The lowest BCUT2D eigenvalue weighted by atomic mass is 9.76. The van der Waals surface area contributed by atoms with E-state index in [1.807, 2.05) is 75.4 Å². The van der Waals surface area contributed by atoms with E-state index in [1.54, 1.807) is 11.0 Å². The van der Waals surface area contributed by atoms with Gasteiger partial charge in [0.15, 0.2) is 0 Å². The molecule has 35 heavy (non-hydrogen) atoms. The average Bonchev–Trinajstić information content (AvgIpc) is 2.84. The van der Waals surface area contributed by atoms with Crippen LogP contribution in [0.5, 0.6) is 0 Å². The van der Waals surface area contributed by atoms with Crippen LogP contribution in [0.3, 0.4) is 0 Å². The van der Waals surface area contributed by atoms with Gasteiger partial charge in [-0.3, -0.25) is 4.79 Å². The molecule has 0 bridgehead atoms. The molecule has 0 radical (unpaired) electrons. The first kappa shape index (κ1) is 27.6. The Balaban J connectivity index is 1.94. The minimum atomic E-state index is -1.70. The van der Waals surface area contributed by atoms with Gasteiger partial charge in [0.1, 0.15) is 11.6 Å². The third-order valence-corrected chi connectivity index (χ3v) is 5.62. The highest BCUT2D eigenvalue weighted by molar-refractivity contribution is 6.43. The van der Waals surface area contributed by atoms with E-state index < -0.39 is 19.1 Å². The average molecular weight is 476 g/mol. The first-order chi connectivity index (χ1) is 16.8. The fraction of sp³-hybridized carbons (Fsp3) is 0.346. The first-order valence-electron chi connectivity index (χ1n) is 11.7. The van der Waals surface area contributed by atoms with Crippen molar-refractivity contribution in [3.8, 4) is 6.07 Å². The van der Waals surface area contributed by atoms with Crippen LogP contribution in [0, 0.1) is 18.3 Å². The topological polar surface area (TPSA) is 126 Å². The summed E-state index contributed by atoms with van der Waals surface area (Å²) in [6.07, 6.45) is 2.38. The first-order valence-corrected chi connectivity index (χ1v) is 11.7. The van der Waals surface area contributed by atoms with Crippen molar-refractivity contribution in [3.05, 3.63) is 76.4 Å². The molecule has 8 nitrogen and oxygen atoms in total. The maximum atomic E-state index is 12.5. The van der Waals surface area contributed by atoms with Crippen LogP contribution in [0.1, 0.15) is 36.1 Å². The number of carbonyl (C=O) groups excluding carboxylic acids is 2. The summed E-state index contributed by atoms with van der Waals surface area (Å²) >= 11 is 0. The van der Waals surface area contributed by atoms with Gasteiger partial charge in [-0.2, -0.15) is 5.26 Å². The van der Waals surface area contributed by atoms with Crippen molar-refractivity contribution < 1.29 is 19.6 Å². The summed E-state index contributed by atoms with van der Waals surface area (Å²) < 4.78 is 0. The van der Waals surface area contributed by atoms with Crippen LogP contribution in [0.15, 0.2) is 54.1 Å². The smallest absolute Gasteiger partial charge is 0.426 e. The molecule has 4 N–H and O–H groups in total. The molecule has 0 unspecified atom stereocenters. The summed E-state index contributed by atoms with van der Waals surface area (Å²) in [5.41, 5.74) is 3.70. The molecule has 2 aromatic carbocycles. The number of nitrogens with one attached hydrogen (secondary N) is 2. The molecule has 0 aromatic heterocycles. The van der Waals surface area contributed by atoms with Crippen LogP contribution in [0.25, 0.3) is 6.08 Å². The zero-order valence-corrected chi connectivity index (χ0v) is 20.5. The molecule has 0 heterocycles. The highest BCUT2D eigenvalue weighted by atomic mass is 16.4. The minimum Gasteiger partial charge on any atom is -0.426 e. The second-order valence-corrected chi connectivity index (χ2v) is 8.25. The van der Waals surface area contributed by atoms with Gasteiger partial charge in [-0.25, -0.2) is 4.79 Å². The zero-order chi connectivity index (χ0) is 25.8. The summed E-state index contributed by atoms with van der Waals surface area (Å²) in [7, 11) is -1.70. The number of nitrogens with zero attached hydrogens (tertiary/aromatic N) is 2. The van der Waals surface area contributed by atoms with Crippen LogP contribution < -0.4 is 10.6 Å². The fourth-order valence-corrected chi connectivity index (χ4v) is 3.58. The number of carbonyl (C=O) groups is 2. The van der Waals surface area contributed by atoms with Gasteiger partial charge in [0.2, 0.25) is 0 Å². The van der Waals surface area contributed by atoms with E-state index in [1.165, 1.54) is 0 Å². The maximum absolute atomic E-state index is 12.5. The number of rotatable bonds is 11. The Morgan fingerprint density at radius 3 is 2.40 bits per heavy atom. The van der Waals surface area contributed by atoms with E-state index in [2.05, 4.69) is 10.6 Å². The second kappa shape index (κ2) is 13.9. The molecule has 0 saturated carbocycles. The molecule has 0 saturated heterocycles. The Bertz CT molecular complexity index is 1060. The van der Waals surface area contributed by atoms with Gasteiger partial charge >= 0.3 is 13.1 Å². The second-order valence-electron chi connectivity index (χ2n) is 8.25. The van der Waals surface area contributed by atoms with E-state index in [-0.39, 0.29) is 17.9 Å². The molecule has 0 aliphatic rings. The van der Waals surface area contributed by atoms with Crippen molar-refractivity contribution in [2.75, 3.05) is 19.6 Å². The zero-order valence-electron chi connectivity index (χ0n) is 20.5. The number of aryl methyl sites for hydroxylation is 1. The van der Waals surface area contributed by atoms with Gasteiger partial charge in [0, 0.05) is 19.6 Å². The molecule has 3 amide bonds. The standard InChI is InChI=1S/C26H33BN4O4/c1-4-31(5-2)25(32)23(18-28)16-22-8-6-7-20(15-22)13-14-29-26(33)30-24(27(34)35)17-21-11-9-19(3)10-12-21/h6-12,15-16,24,34-35H,4-5,13-14,17H2,1-3H3,(H2,29,30,33)/t24-/m0/s1. The largest absolute Gasteiger partial charge is 0.475 e. The number of hydrogen-bond donors (Lipinski definition) is 4. The highest BCUT2D eigenvalue weighted by Crippen LogP contribution is 2.12. The lowest BCUT2D eigenvalue weighted by Crippen LogP contribution is -2.51. The number of nitriles is 1. The molecule has 9 heteroatoms. The number of amides is 3. The molecule has 1 atom stereocenters. The van der Waals surface area contributed by atoms with Crippen molar-refractivity contribution in [3.63, 3.8) is 0 Å². The summed E-state index contributed by atoms with van der Waals surface area (Å²) in [6.45, 7) is 7.08. The number of urea groups is 1. The van der Waals surface area contributed by atoms with E-state index in [4.69, 9.17) is 0 Å². The summed E-state index contributed by atoms with van der Waals surface area (Å²) in [5.74, 6) is -1.15. The fourth-order valence-electron chi connectivity index (χ4n) is 3.58. The van der Waals surface area contributed by atoms with Crippen molar-refractivity contribution in [1.29, 1.82) is 5.26 Å². The van der Waals surface area contributed by atoms with Gasteiger partial charge in [-0.15, -0.1) is 0 Å². The number of benzene rings is 2. The van der Waals surface area contributed by atoms with E-state index in [0.717, 1.165) is 22.3 Å². The molecule has 2 aromatic rings. The van der Waals surface area contributed by atoms with Crippen LogP contribution in [0.2, 0.25) is 0 Å². The lowest BCUT2D eigenvalue weighted by molar-refractivity contribution is -0.126. The molecule has 0 aliphatic carbocycles. The monoisotopic (exact) mass is 476 g/mol. The Morgan fingerprint density at radius 1 is 1.11 bits per heavy atom. The molecular formula is C26H33BN4O4. The van der Waals surface area contributed by atoms with Crippen LogP contribution in [-0.4, -0.2) is 59.6 Å². The third kappa shape index (κ3) is 8.93. The molecule has 0 spiro atoms. The van der Waals surface area contributed by atoms with Crippen molar-refractivity contribution in [2.24, 2.45) is 0 Å². The Kier molecular flexibility index (Phi) is 11.0. The van der Waals surface area contributed by atoms with Crippen molar-refractivity contribution >= 4 is 25.1 Å². The normalized spacial score (nSPS) is 11.8. The van der Waals surface area contributed by atoms with Gasteiger partial charge in [-0.05, 0) is 56.4 Å². The number of hydrogen-bond acceptors (Lipinski definition) is 5. The Labute approximate surface area is 207 Å². The van der Waals surface area contributed by atoms with Crippen LogP contribution in [-0.2, 0) is 17.6 Å². The molecule has 0 fully saturated rings. The maximum Gasteiger partial charge on any atom is 0.475 e. The summed E-state index contributed by atoms with van der Waals surface area (Å²) in [4.78, 5) is 26.4. The minimum absolute atomic E-state index is 0.0746. The quantitative estimate of drug-likeness (QED) is 0.225. The van der Waals surface area contributed by atoms with Crippen LogP contribution >= 0.6 is 0 Å². The summed E-state index contributed by atoms with van der Waals surface area (Å²) in [6, 6.07) is 16.5. The molecule has 0 aliphatic heterocycles. The predicted octanol–water partition coefficient (Wildman–Crippen LogP) is 2.24. The van der Waals surface area contributed by atoms with Crippen molar-refractivity contribution in [1.82, 2.24) is 15.5 Å². The summed E-state index contributed by atoms with van der Waals surface area (Å²) in [5, 5.41) is 34.1. The molecule has 2 rings (SSSR count). The Hall–Kier alpha value is -3.61. The van der Waals surface area contributed by atoms with E-state index >= 15 is 0 Å². The number of likely N-dealkylation sites (N-methyl/N-ethyl adjacent to an activating group) is 1. The highest BCUT2D eigenvalue weighted by Gasteiger charge is 2.25. The van der Waals surface area contributed by atoms with E-state index in [0.29, 0.717) is 26.1 Å². The van der Waals surface area contributed by atoms with Crippen LogP contribution in [0.4, 0.5) is 4.79 Å². The van der Waals surface area contributed by atoms with Gasteiger partial charge < -0.3 is 25.6 Å². The third-order valence-electron chi connectivity index (χ3n) is 5.62. The van der Waals surface area contributed by atoms with E-state index in [9.17, 15) is 24.9 Å². The predicted molar refractivity (Wildman–Crippen MR) is 137 cm³/mol.